The summed E-state index contributed by atoms with van der Waals surface area (Å²) >= 11 is 4.96. The normalized spacial score (nSPS) is 31.5. The van der Waals surface area contributed by atoms with Crippen molar-refractivity contribution in [3.05, 3.63) is 30.3 Å². The number of ether oxygens (including phenoxy) is 4. The summed E-state index contributed by atoms with van der Waals surface area (Å²) in [6.45, 7) is -0.458. The zero-order valence-electron chi connectivity index (χ0n) is 11.9. The molecule has 0 saturated carbocycles. The van der Waals surface area contributed by atoms with Crippen LogP contribution in [0, 0.1) is 0 Å². The molecular formula is C14H18O7S. The van der Waals surface area contributed by atoms with Gasteiger partial charge in [0.05, 0.1) is 6.61 Å². The van der Waals surface area contributed by atoms with Gasteiger partial charge in [-0.05, 0) is 12.1 Å². The number of hydrogen-bond acceptors (Lipinski definition) is 8. The number of methoxy groups -OCH3 is 1. The molecule has 3 N–H and O–H groups in total. The fourth-order valence-electron chi connectivity index (χ4n) is 2.11. The summed E-state index contributed by atoms with van der Waals surface area (Å²) in [5.41, 5.74) is 0. The van der Waals surface area contributed by atoms with Gasteiger partial charge in [-0.1, -0.05) is 18.2 Å². The second kappa shape index (κ2) is 7.82. The average molecular weight is 330 g/mol. The Morgan fingerprint density at radius 2 is 1.91 bits per heavy atom. The maximum atomic E-state index is 10.1. The monoisotopic (exact) mass is 330 g/mol. The third-order valence-corrected chi connectivity index (χ3v) is 3.41. The van der Waals surface area contributed by atoms with E-state index in [2.05, 4.69) is 0 Å². The predicted molar refractivity (Wildman–Crippen MR) is 79.3 cm³/mol. The van der Waals surface area contributed by atoms with Crippen molar-refractivity contribution in [1.29, 1.82) is 0 Å². The molecule has 122 valence electrons. The van der Waals surface area contributed by atoms with Crippen LogP contribution in [0.3, 0.4) is 0 Å². The number of hydrogen-bond donors (Lipinski definition) is 3. The summed E-state index contributed by atoms with van der Waals surface area (Å²) in [5.74, 6) is 0.463. The van der Waals surface area contributed by atoms with Gasteiger partial charge in [0, 0.05) is 19.3 Å². The van der Waals surface area contributed by atoms with E-state index in [1.165, 1.54) is 7.11 Å². The lowest BCUT2D eigenvalue weighted by Crippen LogP contribution is -2.60. The van der Waals surface area contributed by atoms with Crippen molar-refractivity contribution in [1.82, 2.24) is 0 Å². The molecule has 7 nitrogen and oxygen atoms in total. The van der Waals surface area contributed by atoms with E-state index in [9.17, 15) is 15.3 Å². The molecule has 0 spiro atoms. The summed E-state index contributed by atoms with van der Waals surface area (Å²) in [5, 5.41) is 29.1. The zero-order chi connectivity index (χ0) is 16.1. The van der Waals surface area contributed by atoms with E-state index < -0.39 is 37.3 Å². The van der Waals surface area contributed by atoms with Crippen LogP contribution in [0.25, 0.3) is 0 Å². The highest BCUT2D eigenvalue weighted by Gasteiger charge is 2.46. The standard InChI is InChI=1S/C14H18O7S/c1-18-13-11(17)12(10(16)9(7-15)20-13)21-14(22)19-8-5-3-2-4-6-8/h2-6,9-13,15-17H,7H2,1H3/t9-,10-,11+,12+,13-/m1/s1. The van der Waals surface area contributed by atoms with Crippen LogP contribution in [-0.4, -0.2) is 65.0 Å². The molecule has 0 bridgehead atoms. The highest BCUT2D eigenvalue weighted by Crippen LogP contribution is 2.24. The highest BCUT2D eigenvalue weighted by molar-refractivity contribution is 7.79. The molecule has 0 amide bonds. The minimum Gasteiger partial charge on any atom is -0.447 e. The molecule has 0 aromatic heterocycles. The van der Waals surface area contributed by atoms with Gasteiger partial charge in [-0.25, -0.2) is 0 Å². The SMILES string of the molecule is CO[C@@H]1O[C@H](CO)[C@@H](O)[C@H](OC(=S)Oc2ccccc2)[C@@H]1O. The van der Waals surface area contributed by atoms with Crippen molar-refractivity contribution in [2.45, 2.75) is 30.7 Å². The fourth-order valence-corrected chi connectivity index (χ4v) is 2.31. The highest BCUT2D eigenvalue weighted by atomic mass is 32.1. The number of rotatable bonds is 4. The van der Waals surface area contributed by atoms with Gasteiger partial charge < -0.3 is 34.3 Å². The predicted octanol–water partition coefficient (Wildman–Crippen LogP) is -0.179. The fraction of sp³-hybridized carbons (Fsp3) is 0.500. The van der Waals surface area contributed by atoms with Crippen molar-refractivity contribution in [3.8, 4) is 5.75 Å². The molecule has 1 heterocycles. The maximum Gasteiger partial charge on any atom is 0.358 e. The lowest BCUT2D eigenvalue weighted by Gasteiger charge is -2.40. The van der Waals surface area contributed by atoms with Gasteiger partial charge in [0.15, 0.2) is 12.4 Å². The molecule has 1 saturated heterocycles. The van der Waals surface area contributed by atoms with Crippen molar-refractivity contribution < 1.29 is 34.3 Å². The Kier molecular flexibility index (Phi) is 6.07. The van der Waals surface area contributed by atoms with E-state index in [1.807, 2.05) is 6.07 Å². The number of aliphatic hydroxyl groups excluding tert-OH is 3. The van der Waals surface area contributed by atoms with Gasteiger partial charge in [-0.3, -0.25) is 0 Å². The Morgan fingerprint density at radius 3 is 2.50 bits per heavy atom. The molecule has 1 fully saturated rings. The first-order valence-corrected chi connectivity index (χ1v) is 7.06. The Labute approximate surface area is 133 Å². The van der Waals surface area contributed by atoms with Crippen LogP contribution in [0.2, 0.25) is 0 Å². The zero-order valence-corrected chi connectivity index (χ0v) is 12.7. The van der Waals surface area contributed by atoms with E-state index >= 15 is 0 Å². The molecule has 0 radical (unpaired) electrons. The van der Waals surface area contributed by atoms with Gasteiger partial charge in [0.25, 0.3) is 0 Å². The van der Waals surface area contributed by atoms with E-state index in [1.54, 1.807) is 24.3 Å². The van der Waals surface area contributed by atoms with Gasteiger partial charge in [-0.2, -0.15) is 0 Å². The van der Waals surface area contributed by atoms with Crippen LogP contribution < -0.4 is 4.74 Å². The summed E-state index contributed by atoms with van der Waals surface area (Å²) < 4.78 is 20.8. The van der Waals surface area contributed by atoms with Crippen LogP contribution in [0.4, 0.5) is 0 Å². The Balaban J connectivity index is 2.03. The lowest BCUT2D eigenvalue weighted by atomic mass is 9.99. The number of aliphatic hydroxyl groups is 3. The minimum atomic E-state index is -1.29. The molecular weight excluding hydrogens is 312 g/mol. The Morgan fingerprint density at radius 1 is 1.23 bits per heavy atom. The van der Waals surface area contributed by atoms with Gasteiger partial charge in [0.1, 0.15) is 24.1 Å². The van der Waals surface area contributed by atoms with Gasteiger partial charge in [-0.15, -0.1) is 0 Å². The first-order chi connectivity index (χ1) is 10.6. The van der Waals surface area contributed by atoms with Crippen LogP contribution in [0.15, 0.2) is 30.3 Å². The minimum absolute atomic E-state index is 0.261. The summed E-state index contributed by atoms with van der Waals surface area (Å²) in [6, 6.07) is 8.71. The second-order valence-electron chi connectivity index (χ2n) is 4.69. The quantitative estimate of drug-likeness (QED) is 0.654. The molecule has 1 aliphatic rings. The van der Waals surface area contributed by atoms with Gasteiger partial charge in [0.2, 0.25) is 0 Å². The number of benzene rings is 1. The smallest absolute Gasteiger partial charge is 0.358 e. The molecule has 22 heavy (non-hydrogen) atoms. The summed E-state index contributed by atoms with van der Waals surface area (Å²) in [6.07, 6.45) is -5.74. The third-order valence-electron chi connectivity index (χ3n) is 3.23. The molecule has 0 unspecified atom stereocenters. The molecule has 8 heteroatoms. The van der Waals surface area contributed by atoms with E-state index in [0.29, 0.717) is 5.75 Å². The summed E-state index contributed by atoms with van der Waals surface area (Å²) in [7, 11) is 1.33. The van der Waals surface area contributed by atoms with Crippen molar-refractivity contribution in [3.63, 3.8) is 0 Å². The molecule has 5 atom stereocenters. The van der Waals surface area contributed by atoms with Crippen LogP contribution in [0.5, 0.6) is 5.75 Å². The molecule has 1 aromatic carbocycles. The van der Waals surface area contributed by atoms with Crippen LogP contribution in [0.1, 0.15) is 0 Å². The van der Waals surface area contributed by atoms with Crippen LogP contribution in [-0.2, 0) is 14.2 Å². The first-order valence-electron chi connectivity index (χ1n) is 6.65. The topological polar surface area (TPSA) is 97.6 Å². The molecule has 2 rings (SSSR count). The van der Waals surface area contributed by atoms with E-state index in [-0.39, 0.29) is 5.24 Å². The first kappa shape index (κ1) is 17.1. The van der Waals surface area contributed by atoms with E-state index in [4.69, 9.17) is 31.2 Å². The molecule has 1 aromatic rings. The number of thiocarbonyl (C=S) groups is 1. The maximum absolute atomic E-state index is 10.1. The van der Waals surface area contributed by atoms with Crippen molar-refractivity contribution in [2.75, 3.05) is 13.7 Å². The van der Waals surface area contributed by atoms with Crippen LogP contribution >= 0.6 is 12.2 Å². The van der Waals surface area contributed by atoms with Crippen molar-refractivity contribution in [2.24, 2.45) is 0 Å². The number of para-hydroxylation sites is 1. The Hall–Kier alpha value is -1.29. The Bertz CT molecular complexity index is 467. The van der Waals surface area contributed by atoms with E-state index in [0.717, 1.165) is 0 Å². The average Bonchev–Trinajstić information content (AvgIpc) is 2.53. The largest absolute Gasteiger partial charge is 0.447 e. The molecule has 0 aliphatic carbocycles. The van der Waals surface area contributed by atoms with Gasteiger partial charge >= 0.3 is 5.24 Å². The molecule has 1 aliphatic heterocycles. The van der Waals surface area contributed by atoms with Crippen molar-refractivity contribution >= 4 is 17.5 Å². The summed E-state index contributed by atoms with van der Waals surface area (Å²) in [4.78, 5) is 0. The third kappa shape index (κ3) is 3.92. The second-order valence-corrected chi connectivity index (χ2v) is 5.02. The lowest BCUT2D eigenvalue weighted by molar-refractivity contribution is -0.292.